The van der Waals surface area contributed by atoms with E-state index in [4.69, 9.17) is 5.73 Å². The fourth-order valence-corrected chi connectivity index (χ4v) is 1.68. The third-order valence-electron chi connectivity index (χ3n) is 2.81. The first-order valence-corrected chi connectivity index (χ1v) is 6.25. The molecule has 0 radical (unpaired) electrons. The Bertz CT molecular complexity index is 567. The number of nitrogens with two attached hydrogens (primary N) is 1. The van der Waals surface area contributed by atoms with E-state index in [1.807, 2.05) is 24.3 Å². The van der Waals surface area contributed by atoms with Crippen LogP contribution < -0.4 is 16.4 Å². The molecule has 0 aromatic heterocycles. The van der Waals surface area contributed by atoms with Gasteiger partial charge < -0.3 is 16.4 Å². The Kier molecular flexibility index (Phi) is 4.68. The lowest BCUT2D eigenvalue weighted by atomic mass is 10.1. The monoisotopic (exact) mass is 273 g/mol. The zero-order valence-electron chi connectivity index (χ0n) is 10.9. The van der Waals surface area contributed by atoms with Crippen LogP contribution in [0, 0.1) is 5.82 Å². The summed E-state index contributed by atoms with van der Waals surface area (Å²) in [7, 11) is 0. The molecular weight excluding hydrogens is 257 g/mol. The molecule has 0 saturated heterocycles. The summed E-state index contributed by atoms with van der Waals surface area (Å²) in [6.45, 7) is 0.913. The number of carbonyl (C=O) groups is 1. The number of nitrogens with one attached hydrogen (secondary N) is 2. The molecule has 0 spiro atoms. The van der Waals surface area contributed by atoms with E-state index in [9.17, 15) is 9.18 Å². The first kappa shape index (κ1) is 14.0. The van der Waals surface area contributed by atoms with Crippen LogP contribution >= 0.6 is 0 Å². The van der Waals surface area contributed by atoms with Crippen molar-refractivity contribution in [2.75, 3.05) is 5.32 Å². The van der Waals surface area contributed by atoms with Crippen molar-refractivity contribution in [1.82, 2.24) is 5.32 Å². The van der Waals surface area contributed by atoms with Crippen molar-refractivity contribution in [3.05, 3.63) is 65.5 Å². The van der Waals surface area contributed by atoms with Crippen LogP contribution in [0.1, 0.15) is 11.1 Å². The second-order valence-electron chi connectivity index (χ2n) is 4.34. The predicted molar refractivity (Wildman–Crippen MR) is 76.6 cm³/mol. The van der Waals surface area contributed by atoms with E-state index in [-0.39, 0.29) is 11.8 Å². The summed E-state index contributed by atoms with van der Waals surface area (Å²) in [6.07, 6.45) is 0. The zero-order chi connectivity index (χ0) is 14.4. The minimum absolute atomic E-state index is 0.334. The van der Waals surface area contributed by atoms with Gasteiger partial charge in [-0.3, -0.25) is 0 Å². The van der Waals surface area contributed by atoms with Crippen LogP contribution in [0.15, 0.2) is 48.5 Å². The van der Waals surface area contributed by atoms with E-state index in [2.05, 4.69) is 10.6 Å². The third kappa shape index (κ3) is 4.07. The molecule has 0 aliphatic carbocycles. The molecule has 2 aromatic carbocycles. The van der Waals surface area contributed by atoms with Gasteiger partial charge in [-0.05, 0) is 35.4 Å². The molecule has 2 aromatic rings. The lowest BCUT2D eigenvalue weighted by Gasteiger charge is -2.08. The summed E-state index contributed by atoms with van der Waals surface area (Å²) in [5.74, 6) is -0.337. The minimum atomic E-state index is -0.337. The van der Waals surface area contributed by atoms with Crippen molar-refractivity contribution in [3.8, 4) is 0 Å². The van der Waals surface area contributed by atoms with Crippen LogP contribution in [0.25, 0.3) is 0 Å². The minimum Gasteiger partial charge on any atom is -0.334 e. The maximum atomic E-state index is 12.7. The number of hydrogen-bond donors (Lipinski definition) is 3. The Hall–Kier alpha value is -2.40. The third-order valence-corrected chi connectivity index (χ3v) is 2.81. The molecule has 0 unspecified atom stereocenters. The lowest BCUT2D eigenvalue weighted by Crippen LogP contribution is -2.28. The van der Waals surface area contributed by atoms with Gasteiger partial charge in [-0.25, -0.2) is 9.18 Å². The maximum absolute atomic E-state index is 12.7. The first-order chi connectivity index (χ1) is 9.67. The molecule has 0 saturated carbocycles. The molecule has 0 heterocycles. The number of carbonyl (C=O) groups excluding carboxylic acids is 1. The van der Waals surface area contributed by atoms with Gasteiger partial charge in [0.15, 0.2) is 0 Å². The fraction of sp³-hybridized carbons (Fsp3) is 0.133. The van der Waals surface area contributed by atoms with E-state index in [1.54, 1.807) is 0 Å². The van der Waals surface area contributed by atoms with Crippen molar-refractivity contribution in [1.29, 1.82) is 0 Å². The number of hydrogen-bond acceptors (Lipinski definition) is 2. The maximum Gasteiger partial charge on any atom is 0.319 e. The number of rotatable bonds is 4. The topological polar surface area (TPSA) is 67.1 Å². The van der Waals surface area contributed by atoms with Crippen LogP contribution in [0.5, 0.6) is 0 Å². The van der Waals surface area contributed by atoms with E-state index < -0.39 is 0 Å². The van der Waals surface area contributed by atoms with Gasteiger partial charge in [0.25, 0.3) is 0 Å². The Morgan fingerprint density at radius 2 is 1.60 bits per heavy atom. The average Bonchev–Trinajstić information content (AvgIpc) is 2.48. The van der Waals surface area contributed by atoms with Gasteiger partial charge in [-0.2, -0.15) is 0 Å². The van der Waals surface area contributed by atoms with Gasteiger partial charge in [0.05, 0.1) is 0 Å². The largest absolute Gasteiger partial charge is 0.334 e. The molecular formula is C15H16FN3O. The molecule has 2 amide bonds. The Balaban J connectivity index is 1.83. The van der Waals surface area contributed by atoms with E-state index in [0.29, 0.717) is 18.8 Å². The van der Waals surface area contributed by atoms with E-state index >= 15 is 0 Å². The second-order valence-corrected chi connectivity index (χ2v) is 4.34. The van der Waals surface area contributed by atoms with Crippen LogP contribution in [-0.4, -0.2) is 6.03 Å². The first-order valence-electron chi connectivity index (χ1n) is 6.25. The molecule has 4 N–H and O–H groups in total. The summed E-state index contributed by atoms with van der Waals surface area (Å²) in [5, 5.41) is 5.35. The SMILES string of the molecule is NCc1ccc(CNC(=O)Nc2ccc(F)cc2)cc1. The second kappa shape index (κ2) is 6.68. The van der Waals surface area contributed by atoms with Crippen molar-refractivity contribution < 1.29 is 9.18 Å². The Morgan fingerprint density at radius 1 is 1.00 bits per heavy atom. The quantitative estimate of drug-likeness (QED) is 0.801. The molecule has 0 aliphatic heterocycles. The number of urea groups is 1. The van der Waals surface area contributed by atoms with Gasteiger partial charge in [0.1, 0.15) is 5.82 Å². The Labute approximate surface area is 116 Å². The number of benzene rings is 2. The van der Waals surface area contributed by atoms with Crippen molar-refractivity contribution >= 4 is 11.7 Å². The number of anilines is 1. The standard InChI is InChI=1S/C15H16FN3O/c16-13-5-7-14(8-6-13)19-15(20)18-10-12-3-1-11(9-17)2-4-12/h1-8H,9-10,17H2,(H2,18,19,20). The van der Waals surface area contributed by atoms with Gasteiger partial charge in [-0.1, -0.05) is 24.3 Å². The van der Waals surface area contributed by atoms with E-state index in [0.717, 1.165) is 11.1 Å². The molecule has 104 valence electrons. The van der Waals surface area contributed by atoms with Crippen LogP contribution in [-0.2, 0) is 13.1 Å². The summed E-state index contributed by atoms with van der Waals surface area (Å²) in [5.41, 5.74) is 8.08. The number of amides is 2. The normalized spacial score (nSPS) is 10.1. The highest BCUT2D eigenvalue weighted by Crippen LogP contribution is 2.08. The molecule has 5 heteroatoms. The number of halogens is 1. The van der Waals surface area contributed by atoms with Crippen molar-refractivity contribution in [2.45, 2.75) is 13.1 Å². The predicted octanol–water partition coefficient (Wildman–Crippen LogP) is 2.61. The molecule has 2 rings (SSSR count). The van der Waals surface area contributed by atoms with Crippen LogP contribution in [0.2, 0.25) is 0 Å². The highest BCUT2D eigenvalue weighted by atomic mass is 19.1. The Morgan fingerprint density at radius 3 is 2.20 bits per heavy atom. The smallest absolute Gasteiger partial charge is 0.319 e. The average molecular weight is 273 g/mol. The van der Waals surface area contributed by atoms with Crippen molar-refractivity contribution in [2.24, 2.45) is 5.73 Å². The van der Waals surface area contributed by atoms with Gasteiger partial charge in [0.2, 0.25) is 0 Å². The van der Waals surface area contributed by atoms with Crippen molar-refractivity contribution in [3.63, 3.8) is 0 Å². The highest BCUT2D eigenvalue weighted by Gasteiger charge is 2.02. The summed E-state index contributed by atoms with van der Waals surface area (Å²) in [4.78, 5) is 11.7. The van der Waals surface area contributed by atoms with Gasteiger partial charge in [0, 0.05) is 18.8 Å². The molecule has 0 atom stereocenters. The molecule has 0 fully saturated rings. The molecule has 4 nitrogen and oxygen atoms in total. The fourth-order valence-electron chi connectivity index (χ4n) is 1.68. The van der Waals surface area contributed by atoms with Crippen LogP contribution in [0.4, 0.5) is 14.9 Å². The summed E-state index contributed by atoms with van der Waals surface area (Å²) >= 11 is 0. The van der Waals surface area contributed by atoms with Gasteiger partial charge in [-0.15, -0.1) is 0 Å². The summed E-state index contributed by atoms with van der Waals surface area (Å²) in [6, 6.07) is 12.9. The highest BCUT2D eigenvalue weighted by molar-refractivity contribution is 5.89. The molecule has 0 bridgehead atoms. The molecule has 20 heavy (non-hydrogen) atoms. The lowest BCUT2D eigenvalue weighted by molar-refractivity contribution is 0.251. The molecule has 0 aliphatic rings. The summed E-state index contributed by atoms with van der Waals surface area (Å²) < 4.78 is 12.7. The van der Waals surface area contributed by atoms with E-state index in [1.165, 1.54) is 24.3 Å². The van der Waals surface area contributed by atoms with Gasteiger partial charge >= 0.3 is 6.03 Å². The zero-order valence-corrected chi connectivity index (χ0v) is 10.9. The van der Waals surface area contributed by atoms with Crippen LogP contribution in [0.3, 0.4) is 0 Å².